The molecule has 0 aromatic heterocycles. The van der Waals surface area contributed by atoms with Crippen LogP contribution in [-0.4, -0.2) is 37.0 Å². The van der Waals surface area contributed by atoms with Gasteiger partial charge in [-0.25, -0.2) is 4.39 Å². The van der Waals surface area contributed by atoms with E-state index in [2.05, 4.69) is 0 Å². The van der Waals surface area contributed by atoms with Gasteiger partial charge in [0.25, 0.3) is 5.91 Å². The number of esters is 1. The van der Waals surface area contributed by atoms with Crippen LogP contribution in [0.25, 0.3) is 0 Å². The molecule has 1 atom stereocenters. The standard InChI is InChI=1S/C15H18FNO3/c1-10-5-6-13(16)12(8-10)14(18)17-7-3-4-11(9-17)15(19)20-2/h5-6,8,11H,3-4,7,9H2,1-2H3/t11-/m0/s1. The number of piperidine rings is 1. The van der Waals surface area contributed by atoms with Crippen molar-refractivity contribution in [2.45, 2.75) is 19.8 Å². The number of aryl methyl sites for hydroxylation is 1. The molecule has 1 saturated heterocycles. The lowest BCUT2D eigenvalue weighted by molar-refractivity contribution is -0.146. The molecule has 0 unspecified atom stereocenters. The number of rotatable bonds is 2. The minimum absolute atomic E-state index is 0.0653. The van der Waals surface area contributed by atoms with Crippen molar-refractivity contribution in [1.82, 2.24) is 4.90 Å². The highest BCUT2D eigenvalue weighted by atomic mass is 19.1. The van der Waals surface area contributed by atoms with Gasteiger partial charge in [-0.3, -0.25) is 9.59 Å². The number of amides is 1. The SMILES string of the molecule is COC(=O)[C@H]1CCCN(C(=O)c2cc(C)ccc2F)C1. The highest BCUT2D eigenvalue weighted by Gasteiger charge is 2.30. The number of hydrogen-bond donors (Lipinski definition) is 0. The summed E-state index contributed by atoms with van der Waals surface area (Å²) in [6.45, 7) is 2.64. The highest BCUT2D eigenvalue weighted by Crippen LogP contribution is 2.21. The molecule has 0 saturated carbocycles. The second kappa shape index (κ2) is 6.03. The van der Waals surface area contributed by atoms with Crippen molar-refractivity contribution in [2.75, 3.05) is 20.2 Å². The number of likely N-dealkylation sites (tertiary alicyclic amines) is 1. The zero-order valence-corrected chi connectivity index (χ0v) is 11.7. The van der Waals surface area contributed by atoms with E-state index in [0.717, 1.165) is 12.0 Å². The Kier molecular flexibility index (Phi) is 4.37. The maximum atomic E-state index is 13.8. The summed E-state index contributed by atoms with van der Waals surface area (Å²) in [6.07, 6.45) is 1.42. The number of hydrogen-bond acceptors (Lipinski definition) is 3. The van der Waals surface area contributed by atoms with Crippen molar-refractivity contribution < 1.29 is 18.7 Å². The second-order valence-electron chi connectivity index (χ2n) is 5.10. The van der Waals surface area contributed by atoms with E-state index in [1.54, 1.807) is 12.1 Å². The molecule has 1 aromatic rings. The second-order valence-corrected chi connectivity index (χ2v) is 5.10. The monoisotopic (exact) mass is 279 g/mol. The molecule has 1 fully saturated rings. The van der Waals surface area contributed by atoms with Gasteiger partial charge in [0.05, 0.1) is 18.6 Å². The number of benzene rings is 1. The fourth-order valence-electron chi connectivity index (χ4n) is 2.49. The van der Waals surface area contributed by atoms with Crippen molar-refractivity contribution in [3.8, 4) is 0 Å². The van der Waals surface area contributed by atoms with E-state index >= 15 is 0 Å². The van der Waals surface area contributed by atoms with Crippen molar-refractivity contribution in [3.63, 3.8) is 0 Å². The summed E-state index contributed by atoms with van der Waals surface area (Å²) in [5.74, 6) is -1.52. The average molecular weight is 279 g/mol. The van der Waals surface area contributed by atoms with Crippen LogP contribution in [0.5, 0.6) is 0 Å². The first-order valence-electron chi connectivity index (χ1n) is 6.66. The van der Waals surface area contributed by atoms with Gasteiger partial charge in [-0.1, -0.05) is 11.6 Å². The van der Waals surface area contributed by atoms with Crippen LogP contribution in [0, 0.1) is 18.7 Å². The van der Waals surface area contributed by atoms with Crippen LogP contribution in [0.3, 0.4) is 0 Å². The molecular weight excluding hydrogens is 261 g/mol. The number of methoxy groups -OCH3 is 1. The molecular formula is C15H18FNO3. The largest absolute Gasteiger partial charge is 0.469 e. The van der Waals surface area contributed by atoms with Crippen molar-refractivity contribution in [2.24, 2.45) is 5.92 Å². The van der Waals surface area contributed by atoms with Crippen LogP contribution < -0.4 is 0 Å². The zero-order valence-electron chi connectivity index (χ0n) is 11.7. The van der Waals surface area contributed by atoms with E-state index in [1.807, 2.05) is 6.92 Å². The van der Waals surface area contributed by atoms with E-state index in [4.69, 9.17) is 4.74 Å². The van der Waals surface area contributed by atoms with E-state index < -0.39 is 5.82 Å². The lowest BCUT2D eigenvalue weighted by Crippen LogP contribution is -2.42. The van der Waals surface area contributed by atoms with Gasteiger partial charge < -0.3 is 9.64 Å². The Hall–Kier alpha value is -1.91. The molecule has 0 N–H and O–H groups in total. The minimum atomic E-state index is -0.527. The Labute approximate surface area is 117 Å². The van der Waals surface area contributed by atoms with E-state index in [-0.39, 0.29) is 23.4 Å². The molecule has 0 bridgehead atoms. The van der Waals surface area contributed by atoms with Gasteiger partial charge in [-0.15, -0.1) is 0 Å². The third-order valence-corrected chi connectivity index (χ3v) is 3.60. The third kappa shape index (κ3) is 2.98. The van der Waals surface area contributed by atoms with E-state index in [9.17, 15) is 14.0 Å². The molecule has 1 aliphatic heterocycles. The molecule has 0 radical (unpaired) electrons. The third-order valence-electron chi connectivity index (χ3n) is 3.60. The first-order chi connectivity index (χ1) is 9.52. The molecule has 5 heteroatoms. The zero-order chi connectivity index (χ0) is 14.7. The highest BCUT2D eigenvalue weighted by molar-refractivity contribution is 5.95. The first-order valence-corrected chi connectivity index (χ1v) is 6.66. The van der Waals surface area contributed by atoms with Crippen LogP contribution >= 0.6 is 0 Å². The van der Waals surface area contributed by atoms with Gasteiger partial charge in [0.15, 0.2) is 0 Å². The number of carbonyl (C=O) groups excluding carboxylic acids is 2. The van der Waals surface area contributed by atoms with E-state index in [1.165, 1.54) is 18.1 Å². The van der Waals surface area contributed by atoms with Gasteiger partial charge in [0, 0.05) is 13.1 Å². The summed E-state index contributed by atoms with van der Waals surface area (Å²) in [5.41, 5.74) is 0.895. The molecule has 2 rings (SSSR count). The molecule has 1 aliphatic rings. The van der Waals surface area contributed by atoms with Crippen LogP contribution in [0.1, 0.15) is 28.8 Å². The lowest BCUT2D eigenvalue weighted by atomic mass is 9.97. The lowest BCUT2D eigenvalue weighted by Gasteiger charge is -2.31. The maximum absolute atomic E-state index is 13.8. The molecule has 1 amide bonds. The van der Waals surface area contributed by atoms with Gasteiger partial charge in [0.2, 0.25) is 0 Å². The van der Waals surface area contributed by atoms with Crippen molar-refractivity contribution in [3.05, 3.63) is 35.1 Å². The predicted octanol–water partition coefficient (Wildman–Crippen LogP) is 2.16. The minimum Gasteiger partial charge on any atom is -0.469 e. The molecule has 1 heterocycles. The predicted molar refractivity (Wildman–Crippen MR) is 71.8 cm³/mol. The molecule has 20 heavy (non-hydrogen) atoms. The van der Waals surface area contributed by atoms with Gasteiger partial charge in [-0.05, 0) is 31.9 Å². The normalized spacial score (nSPS) is 18.8. The molecule has 0 aliphatic carbocycles. The fraction of sp³-hybridized carbons (Fsp3) is 0.467. The van der Waals surface area contributed by atoms with Gasteiger partial charge >= 0.3 is 5.97 Å². The number of ether oxygens (including phenoxy) is 1. The quantitative estimate of drug-likeness (QED) is 0.779. The Morgan fingerprint density at radius 3 is 2.85 bits per heavy atom. The summed E-state index contributed by atoms with van der Waals surface area (Å²) in [4.78, 5) is 25.5. The van der Waals surface area contributed by atoms with E-state index in [0.29, 0.717) is 19.5 Å². The first kappa shape index (κ1) is 14.5. The van der Waals surface area contributed by atoms with Crippen molar-refractivity contribution >= 4 is 11.9 Å². The Morgan fingerprint density at radius 2 is 2.15 bits per heavy atom. The summed E-state index contributed by atoms with van der Waals surface area (Å²) in [6, 6.07) is 4.46. The van der Waals surface area contributed by atoms with Gasteiger partial charge in [-0.2, -0.15) is 0 Å². The maximum Gasteiger partial charge on any atom is 0.310 e. The summed E-state index contributed by atoms with van der Waals surface area (Å²) < 4.78 is 18.5. The number of halogens is 1. The van der Waals surface area contributed by atoms with Crippen LogP contribution in [0.15, 0.2) is 18.2 Å². The number of carbonyl (C=O) groups is 2. The average Bonchev–Trinajstić information content (AvgIpc) is 2.48. The Balaban J connectivity index is 2.16. The van der Waals surface area contributed by atoms with Crippen LogP contribution in [0.2, 0.25) is 0 Å². The number of nitrogens with zero attached hydrogens (tertiary/aromatic N) is 1. The molecule has 108 valence electrons. The Morgan fingerprint density at radius 1 is 1.40 bits per heavy atom. The summed E-state index contributed by atoms with van der Waals surface area (Å²) in [7, 11) is 1.34. The fourth-order valence-corrected chi connectivity index (χ4v) is 2.49. The van der Waals surface area contributed by atoms with Crippen LogP contribution in [0.4, 0.5) is 4.39 Å². The van der Waals surface area contributed by atoms with Gasteiger partial charge in [0.1, 0.15) is 5.82 Å². The topological polar surface area (TPSA) is 46.6 Å². The summed E-state index contributed by atoms with van der Waals surface area (Å²) >= 11 is 0. The molecule has 1 aromatic carbocycles. The molecule has 4 nitrogen and oxygen atoms in total. The summed E-state index contributed by atoms with van der Waals surface area (Å²) in [5, 5.41) is 0. The van der Waals surface area contributed by atoms with Crippen LogP contribution in [-0.2, 0) is 9.53 Å². The van der Waals surface area contributed by atoms with Crippen molar-refractivity contribution in [1.29, 1.82) is 0 Å². The Bertz CT molecular complexity index is 530. The molecule has 0 spiro atoms. The smallest absolute Gasteiger partial charge is 0.310 e.